The minimum Gasteiger partial charge on any atom is -0.386 e. The number of sulfone groups is 1. The van der Waals surface area contributed by atoms with Gasteiger partial charge in [0.1, 0.15) is 16.1 Å². The van der Waals surface area contributed by atoms with Gasteiger partial charge in [0.05, 0.1) is 16.0 Å². The number of nitrogens with two attached hydrogens (primary N) is 1. The molecule has 6 nitrogen and oxygen atoms in total. The Kier molecular flexibility index (Phi) is 5.97. The Balaban J connectivity index is 2.67. The van der Waals surface area contributed by atoms with Crippen molar-refractivity contribution in [3.8, 4) is 0 Å². The van der Waals surface area contributed by atoms with Crippen molar-refractivity contribution in [3.63, 3.8) is 0 Å². The fourth-order valence-electron chi connectivity index (χ4n) is 2.24. The normalized spacial score (nSPS) is 13.4. The van der Waals surface area contributed by atoms with Gasteiger partial charge in [-0.1, -0.05) is 0 Å². The monoisotopic (exact) mass is 439 g/mol. The molecule has 0 aliphatic rings. The van der Waals surface area contributed by atoms with E-state index < -0.39 is 60.7 Å². The van der Waals surface area contributed by atoms with Crippen LogP contribution >= 0.6 is 11.3 Å². The molecule has 1 aromatic carbocycles. The van der Waals surface area contributed by atoms with Crippen molar-refractivity contribution < 1.29 is 40.7 Å². The number of amides is 1. The summed E-state index contributed by atoms with van der Waals surface area (Å²) >= 11 is 0.350. The van der Waals surface area contributed by atoms with Crippen molar-refractivity contribution in [2.75, 3.05) is 0 Å². The Hall–Kier alpha value is -2.31. The summed E-state index contributed by atoms with van der Waals surface area (Å²) < 4.78 is 77.7. The number of primary amides is 1. The lowest BCUT2D eigenvalue weighted by Crippen LogP contribution is -2.20. The number of halogens is 4. The van der Waals surface area contributed by atoms with E-state index in [0.717, 1.165) is 13.0 Å². The lowest BCUT2D eigenvalue weighted by molar-refractivity contribution is -0.139. The second-order valence-electron chi connectivity index (χ2n) is 5.73. The summed E-state index contributed by atoms with van der Waals surface area (Å²) in [6.45, 7) is 1.15. The molecule has 0 fully saturated rings. The number of carbonyl (C=O) groups is 2. The largest absolute Gasteiger partial charge is 0.417 e. The summed E-state index contributed by atoms with van der Waals surface area (Å²) in [5.41, 5.74) is 3.18. The molecule has 0 bridgehead atoms. The van der Waals surface area contributed by atoms with Gasteiger partial charge < -0.3 is 10.8 Å². The van der Waals surface area contributed by atoms with Crippen LogP contribution in [0.25, 0.3) is 0 Å². The summed E-state index contributed by atoms with van der Waals surface area (Å²) in [5.74, 6) is -3.07. The Labute approximate surface area is 160 Å². The van der Waals surface area contributed by atoms with Crippen LogP contribution in [0, 0.1) is 5.82 Å². The molecule has 3 N–H and O–H groups in total. The smallest absolute Gasteiger partial charge is 0.386 e. The average molecular weight is 439 g/mol. The van der Waals surface area contributed by atoms with Crippen molar-refractivity contribution >= 4 is 32.9 Å². The summed E-state index contributed by atoms with van der Waals surface area (Å²) in [5, 5.41) is 9.27. The third kappa shape index (κ3) is 4.39. The molecule has 1 unspecified atom stereocenters. The molecule has 0 radical (unpaired) electrons. The third-order valence-corrected chi connectivity index (χ3v) is 7.06. The van der Waals surface area contributed by atoms with Crippen LogP contribution in [0.4, 0.5) is 17.6 Å². The van der Waals surface area contributed by atoms with Gasteiger partial charge in [-0.2, -0.15) is 13.2 Å². The summed E-state index contributed by atoms with van der Waals surface area (Å²) in [6, 6.07) is 1.72. The quantitative estimate of drug-likeness (QED) is 0.671. The SMILES string of the molecule is CC(O)C(=O)Cc1sc(S(=O)(=O)c2cc(F)ccc2C(F)(F)F)cc1C(N)=O. The van der Waals surface area contributed by atoms with E-state index >= 15 is 0 Å². The zero-order valence-corrected chi connectivity index (χ0v) is 15.7. The van der Waals surface area contributed by atoms with Crippen molar-refractivity contribution in [3.05, 3.63) is 46.1 Å². The first-order chi connectivity index (χ1) is 12.7. The second-order valence-corrected chi connectivity index (χ2v) is 9.01. The van der Waals surface area contributed by atoms with Gasteiger partial charge in [-0.15, -0.1) is 11.3 Å². The lowest BCUT2D eigenvalue weighted by Gasteiger charge is -2.12. The first-order valence-corrected chi connectivity index (χ1v) is 9.80. The van der Waals surface area contributed by atoms with Crippen LogP contribution in [0.3, 0.4) is 0 Å². The minimum absolute atomic E-state index is 0.137. The molecule has 12 heteroatoms. The molecule has 0 aliphatic heterocycles. The van der Waals surface area contributed by atoms with Crippen LogP contribution in [-0.2, 0) is 27.2 Å². The van der Waals surface area contributed by atoms with E-state index in [-0.39, 0.29) is 16.5 Å². The molecule has 152 valence electrons. The predicted molar refractivity (Wildman–Crippen MR) is 90.1 cm³/mol. The molecule has 1 heterocycles. The molecule has 1 amide bonds. The van der Waals surface area contributed by atoms with E-state index in [1.165, 1.54) is 0 Å². The highest BCUT2D eigenvalue weighted by Crippen LogP contribution is 2.39. The Bertz CT molecular complexity index is 1040. The lowest BCUT2D eigenvalue weighted by atomic mass is 10.1. The fourth-order valence-corrected chi connectivity index (χ4v) is 5.39. The van der Waals surface area contributed by atoms with E-state index in [2.05, 4.69) is 0 Å². The van der Waals surface area contributed by atoms with Crippen LogP contribution in [0.5, 0.6) is 0 Å². The van der Waals surface area contributed by atoms with Gasteiger partial charge in [-0.3, -0.25) is 9.59 Å². The molecule has 0 aliphatic carbocycles. The maximum Gasteiger partial charge on any atom is 0.417 e. The van der Waals surface area contributed by atoms with Crippen LogP contribution in [-0.4, -0.2) is 31.3 Å². The van der Waals surface area contributed by atoms with Crippen LogP contribution in [0.15, 0.2) is 33.4 Å². The van der Waals surface area contributed by atoms with Gasteiger partial charge in [-0.25, -0.2) is 12.8 Å². The number of hydrogen-bond acceptors (Lipinski definition) is 6. The Morgan fingerprint density at radius 1 is 1.25 bits per heavy atom. The molecule has 28 heavy (non-hydrogen) atoms. The maximum absolute atomic E-state index is 13.5. The Morgan fingerprint density at radius 2 is 1.86 bits per heavy atom. The number of ketones is 1. The molecular weight excluding hydrogens is 426 g/mol. The molecule has 2 aromatic rings. The van der Waals surface area contributed by atoms with Gasteiger partial charge >= 0.3 is 6.18 Å². The Morgan fingerprint density at radius 3 is 2.36 bits per heavy atom. The number of rotatable bonds is 6. The van der Waals surface area contributed by atoms with Crippen LogP contribution in [0.2, 0.25) is 0 Å². The number of benzene rings is 1. The molecule has 0 saturated carbocycles. The third-order valence-electron chi connectivity index (χ3n) is 3.66. The second kappa shape index (κ2) is 7.60. The number of aliphatic hydroxyl groups is 1. The average Bonchev–Trinajstić information content (AvgIpc) is 2.98. The number of Topliss-reactive ketones (excluding diaryl/α,β-unsaturated/α-hetero) is 1. The molecule has 1 aromatic heterocycles. The summed E-state index contributed by atoms with van der Waals surface area (Å²) in [4.78, 5) is 21.8. The molecular formula is C16H13F4NO5S2. The topological polar surface area (TPSA) is 115 Å². The predicted octanol–water partition coefficient (Wildman–Crippen LogP) is 2.33. The van der Waals surface area contributed by atoms with Crippen molar-refractivity contribution in [2.45, 2.75) is 34.7 Å². The van der Waals surface area contributed by atoms with E-state index in [1.807, 2.05) is 0 Å². The highest BCUT2D eigenvalue weighted by Gasteiger charge is 2.39. The highest BCUT2D eigenvalue weighted by atomic mass is 32.2. The van der Waals surface area contributed by atoms with Gasteiger partial charge in [0.15, 0.2) is 5.78 Å². The van der Waals surface area contributed by atoms with Crippen LogP contribution < -0.4 is 5.73 Å². The van der Waals surface area contributed by atoms with Crippen LogP contribution in [0.1, 0.15) is 27.7 Å². The van der Waals surface area contributed by atoms with Gasteiger partial charge in [0.25, 0.3) is 0 Å². The van der Waals surface area contributed by atoms with E-state index in [4.69, 9.17) is 5.73 Å². The van der Waals surface area contributed by atoms with Gasteiger partial charge in [0, 0.05) is 11.3 Å². The van der Waals surface area contributed by atoms with Gasteiger partial charge in [0.2, 0.25) is 15.7 Å². The van der Waals surface area contributed by atoms with E-state index in [9.17, 15) is 40.7 Å². The zero-order valence-electron chi connectivity index (χ0n) is 14.1. The molecule has 2 rings (SSSR count). The number of hydrogen-bond donors (Lipinski definition) is 2. The molecule has 0 spiro atoms. The summed E-state index contributed by atoms with van der Waals surface area (Å²) in [6.07, 6.45) is -7.04. The highest BCUT2D eigenvalue weighted by molar-refractivity contribution is 7.93. The van der Waals surface area contributed by atoms with E-state index in [1.54, 1.807) is 0 Å². The fraction of sp³-hybridized carbons (Fsp3) is 0.250. The number of aliphatic hydroxyl groups excluding tert-OH is 1. The molecule has 0 saturated heterocycles. The van der Waals surface area contributed by atoms with E-state index in [0.29, 0.717) is 23.5 Å². The standard InChI is InChI=1S/C16H13F4NO5S2/c1-7(22)11(23)6-12-9(15(21)24)5-14(27-12)28(25,26)13-4-8(17)2-3-10(13)16(18,19)20/h2-5,7,22H,6H2,1H3,(H2,21,24). The van der Waals surface area contributed by atoms with Crippen molar-refractivity contribution in [2.24, 2.45) is 5.73 Å². The number of alkyl halides is 3. The van der Waals surface area contributed by atoms with Gasteiger partial charge in [-0.05, 0) is 31.2 Å². The minimum atomic E-state index is -5.08. The van der Waals surface area contributed by atoms with Crippen molar-refractivity contribution in [1.29, 1.82) is 0 Å². The molecule has 1 atom stereocenters. The zero-order chi connectivity index (χ0) is 21.4. The first kappa shape index (κ1) is 22.0. The number of thiophene rings is 1. The van der Waals surface area contributed by atoms with Crippen molar-refractivity contribution in [1.82, 2.24) is 0 Å². The maximum atomic E-state index is 13.5. The summed E-state index contributed by atoms with van der Waals surface area (Å²) in [7, 11) is -4.89. The first-order valence-electron chi connectivity index (χ1n) is 7.50. The number of carbonyl (C=O) groups excluding carboxylic acids is 2.